The van der Waals surface area contributed by atoms with E-state index in [1.807, 2.05) is 32.0 Å². The van der Waals surface area contributed by atoms with Crippen molar-refractivity contribution in [2.45, 2.75) is 26.8 Å². The Hall–Kier alpha value is -1.46. The third-order valence-corrected chi connectivity index (χ3v) is 3.99. The lowest BCUT2D eigenvalue weighted by molar-refractivity contribution is 0.880. The molecule has 2 rings (SSSR count). The summed E-state index contributed by atoms with van der Waals surface area (Å²) < 4.78 is 1.06. The molecule has 110 valence electrons. The predicted molar refractivity (Wildman–Crippen MR) is 95.8 cm³/mol. The van der Waals surface area contributed by atoms with Gasteiger partial charge in [0, 0.05) is 27.6 Å². The second-order valence-electron chi connectivity index (χ2n) is 5.06. The highest BCUT2D eigenvalue weighted by Crippen LogP contribution is 2.26. The number of halogens is 1. The maximum Gasteiger partial charge on any atom is 0.107 e. The van der Waals surface area contributed by atoms with Crippen LogP contribution in [0.15, 0.2) is 34.8 Å². The average molecular weight is 364 g/mol. The molecule has 3 N–H and O–H groups in total. The number of rotatable bonds is 4. The van der Waals surface area contributed by atoms with E-state index < -0.39 is 0 Å². The van der Waals surface area contributed by atoms with Crippen molar-refractivity contribution in [2.24, 2.45) is 5.73 Å². The molecule has 1 aromatic heterocycles. The summed E-state index contributed by atoms with van der Waals surface area (Å²) in [5.41, 5.74) is 10.6. The van der Waals surface area contributed by atoms with Gasteiger partial charge in [-0.05, 0) is 44.5 Å². The SMILES string of the molecule is Cc1cc(NC(C)c2cccc(Br)c2)c(C(N)=S)c(C)n1. The summed E-state index contributed by atoms with van der Waals surface area (Å²) in [5, 5.41) is 3.49. The lowest BCUT2D eigenvalue weighted by Crippen LogP contribution is -2.18. The molecule has 0 radical (unpaired) electrons. The van der Waals surface area contributed by atoms with Crippen LogP contribution in [0, 0.1) is 13.8 Å². The van der Waals surface area contributed by atoms with Gasteiger partial charge in [-0.3, -0.25) is 4.98 Å². The van der Waals surface area contributed by atoms with Crippen LogP contribution in [0.3, 0.4) is 0 Å². The van der Waals surface area contributed by atoms with Gasteiger partial charge in [0.15, 0.2) is 0 Å². The van der Waals surface area contributed by atoms with Crippen LogP contribution >= 0.6 is 28.1 Å². The van der Waals surface area contributed by atoms with Gasteiger partial charge in [-0.15, -0.1) is 0 Å². The number of aromatic nitrogens is 1. The molecule has 0 fully saturated rings. The lowest BCUT2D eigenvalue weighted by Gasteiger charge is -2.20. The standard InChI is InChI=1S/C16H18BrN3S/c1-9-7-14(15(16(18)21)11(3)19-9)20-10(2)12-5-4-6-13(17)8-12/h4-8,10H,1-3H3,(H2,18,21)(H,19,20). The molecule has 0 aliphatic heterocycles. The summed E-state index contributed by atoms with van der Waals surface area (Å²) in [6.45, 7) is 6.00. The zero-order valence-electron chi connectivity index (χ0n) is 12.3. The van der Waals surface area contributed by atoms with E-state index in [4.69, 9.17) is 18.0 Å². The minimum Gasteiger partial charge on any atom is -0.389 e. The van der Waals surface area contributed by atoms with E-state index in [1.54, 1.807) is 0 Å². The largest absolute Gasteiger partial charge is 0.389 e. The number of hydrogen-bond donors (Lipinski definition) is 2. The number of nitrogens with two attached hydrogens (primary N) is 1. The summed E-state index contributed by atoms with van der Waals surface area (Å²) in [6.07, 6.45) is 0. The van der Waals surface area contributed by atoms with E-state index in [-0.39, 0.29) is 6.04 Å². The molecule has 1 aromatic carbocycles. The molecule has 0 spiro atoms. The highest BCUT2D eigenvalue weighted by molar-refractivity contribution is 9.10. The fourth-order valence-electron chi connectivity index (χ4n) is 2.35. The van der Waals surface area contributed by atoms with Crippen molar-refractivity contribution in [3.05, 3.63) is 57.3 Å². The van der Waals surface area contributed by atoms with Crippen LogP contribution < -0.4 is 11.1 Å². The summed E-state index contributed by atoms with van der Waals surface area (Å²) in [4.78, 5) is 4.80. The van der Waals surface area contributed by atoms with Gasteiger partial charge in [0.1, 0.15) is 4.99 Å². The van der Waals surface area contributed by atoms with Crippen molar-refractivity contribution >= 4 is 38.8 Å². The fraction of sp³-hybridized carbons (Fsp3) is 0.250. The van der Waals surface area contributed by atoms with Gasteiger partial charge in [0.25, 0.3) is 0 Å². The van der Waals surface area contributed by atoms with E-state index in [0.29, 0.717) is 4.99 Å². The van der Waals surface area contributed by atoms with Crippen molar-refractivity contribution < 1.29 is 0 Å². The number of thiocarbonyl (C=S) groups is 1. The molecule has 0 aliphatic rings. The van der Waals surface area contributed by atoms with Crippen LogP contribution in [-0.4, -0.2) is 9.97 Å². The molecule has 21 heavy (non-hydrogen) atoms. The number of aryl methyl sites for hydroxylation is 2. The number of pyridine rings is 1. The maximum atomic E-state index is 5.85. The fourth-order valence-corrected chi connectivity index (χ4v) is 3.02. The maximum absolute atomic E-state index is 5.85. The third-order valence-electron chi connectivity index (χ3n) is 3.30. The highest BCUT2D eigenvalue weighted by atomic mass is 79.9. The Bertz CT molecular complexity index is 685. The minimum atomic E-state index is 0.136. The molecule has 1 heterocycles. The van der Waals surface area contributed by atoms with Crippen LogP contribution in [-0.2, 0) is 0 Å². The second kappa shape index (κ2) is 6.54. The predicted octanol–water partition coefficient (Wildman–Crippen LogP) is 4.27. The molecule has 0 saturated carbocycles. The molecule has 3 nitrogen and oxygen atoms in total. The van der Waals surface area contributed by atoms with Crippen LogP contribution in [0.2, 0.25) is 0 Å². The number of anilines is 1. The summed E-state index contributed by atoms with van der Waals surface area (Å²) in [7, 11) is 0. The van der Waals surface area contributed by atoms with Gasteiger partial charge in [0.2, 0.25) is 0 Å². The number of nitrogens with zero attached hydrogens (tertiary/aromatic N) is 1. The molecular weight excluding hydrogens is 346 g/mol. The van der Waals surface area contributed by atoms with Gasteiger partial charge >= 0.3 is 0 Å². The Morgan fingerprint density at radius 1 is 1.33 bits per heavy atom. The number of nitrogens with one attached hydrogen (secondary N) is 1. The molecule has 2 aromatic rings. The number of benzene rings is 1. The summed E-state index contributed by atoms with van der Waals surface area (Å²) in [6, 6.07) is 10.3. The van der Waals surface area contributed by atoms with Crippen LogP contribution in [0.1, 0.15) is 35.5 Å². The minimum absolute atomic E-state index is 0.136. The molecule has 0 amide bonds. The topological polar surface area (TPSA) is 50.9 Å². The average Bonchev–Trinajstić information content (AvgIpc) is 2.37. The lowest BCUT2D eigenvalue weighted by atomic mass is 10.1. The number of hydrogen-bond acceptors (Lipinski definition) is 3. The van der Waals surface area contributed by atoms with E-state index in [9.17, 15) is 0 Å². The molecule has 0 saturated heterocycles. The Balaban J connectivity index is 2.37. The zero-order valence-corrected chi connectivity index (χ0v) is 14.7. The molecule has 1 atom stereocenters. The molecule has 0 bridgehead atoms. The first kappa shape index (κ1) is 15.9. The van der Waals surface area contributed by atoms with E-state index >= 15 is 0 Å². The molecule has 0 aliphatic carbocycles. The third kappa shape index (κ3) is 3.80. The molecule has 1 unspecified atom stereocenters. The van der Waals surface area contributed by atoms with Crippen molar-refractivity contribution in [1.82, 2.24) is 4.98 Å². The Kier molecular flexibility index (Phi) is 4.96. The van der Waals surface area contributed by atoms with Crippen molar-refractivity contribution in [1.29, 1.82) is 0 Å². The smallest absolute Gasteiger partial charge is 0.107 e. The van der Waals surface area contributed by atoms with Crippen molar-refractivity contribution in [2.75, 3.05) is 5.32 Å². The van der Waals surface area contributed by atoms with E-state index in [2.05, 4.69) is 45.3 Å². The normalized spacial score (nSPS) is 12.0. The Labute approximate surface area is 139 Å². The first-order valence-corrected chi connectivity index (χ1v) is 7.88. The quantitative estimate of drug-likeness (QED) is 0.796. The summed E-state index contributed by atoms with van der Waals surface area (Å²) in [5.74, 6) is 0. The van der Waals surface area contributed by atoms with Crippen molar-refractivity contribution in [3.8, 4) is 0 Å². The first-order chi connectivity index (χ1) is 9.88. The van der Waals surface area contributed by atoms with E-state index in [0.717, 1.165) is 27.1 Å². The molecular formula is C16H18BrN3S. The van der Waals surface area contributed by atoms with Crippen LogP contribution in [0.25, 0.3) is 0 Å². The Morgan fingerprint density at radius 3 is 2.67 bits per heavy atom. The highest BCUT2D eigenvalue weighted by Gasteiger charge is 2.14. The van der Waals surface area contributed by atoms with Crippen molar-refractivity contribution in [3.63, 3.8) is 0 Å². The second-order valence-corrected chi connectivity index (χ2v) is 6.41. The van der Waals surface area contributed by atoms with Crippen LogP contribution in [0.5, 0.6) is 0 Å². The zero-order chi connectivity index (χ0) is 15.6. The monoisotopic (exact) mass is 363 g/mol. The Morgan fingerprint density at radius 2 is 2.05 bits per heavy atom. The van der Waals surface area contributed by atoms with Gasteiger partial charge in [-0.25, -0.2) is 0 Å². The first-order valence-electron chi connectivity index (χ1n) is 6.68. The van der Waals surface area contributed by atoms with Gasteiger partial charge in [-0.2, -0.15) is 0 Å². The van der Waals surface area contributed by atoms with Gasteiger partial charge in [0.05, 0.1) is 5.56 Å². The molecule has 5 heteroatoms. The van der Waals surface area contributed by atoms with Gasteiger partial charge < -0.3 is 11.1 Å². The van der Waals surface area contributed by atoms with Crippen LogP contribution in [0.4, 0.5) is 5.69 Å². The van der Waals surface area contributed by atoms with Gasteiger partial charge in [-0.1, -0.05) is 40.3 Å². The van der Waals surface area contributed by atoms with E-state index in [1.165, 1.54) is 5.56 Å². The summed E-state index contributed by atoms with van der Waals surface area (Å²) >= 11 is 8.66.